The summed E-state index contributed by atoms with van der Waals surface area (Å²) in [7, 11) is -9.78. The summed E-state index contributed by atoms with van der Waals surface area (Å²) >= 11 is 0. The molecule has 0 saturated carbocycles. The molecule has 184 valence electrons. The molecule has 0 spiro atoms. The molecule has 0 atom stereocenters. The van der Waals surface area contributed by atoms with Gasteiger partial charge in [-0.3, -0.25) is 0 Å². The molecule has 0 bridgehead atoms. The summed E-state index contributed by atoms with van der Waals surface area (Å²) in [6.07, 6.45) is 0.841. The van der Waals surface area contributed by atoms with Crippen LogP contribution in [0.4, 0.5) is 23.2 Å². The summed E-state index contributed by atoms with van der Waals surface area (Å²) in [6, 6.07) is 12.9. The molecule has 2 N–H and O–H groups in total. The second kappa shape index (κ2) is 8.09. The van der Waals surface area contributed by atoms with Gasteiger partial charge in [0.2, 0.25) is 0 Å². The number of alkyl halides is 3. The fourth-order valence-corrected chi connectivity index (χ4v) is 5.53. The van der Waals surface area contributed by atoms with Crippen LogP contribution >= 0.6 is 0 Å². The number of nitrogens with two attached hydrogens (primary N) is 1. The maximum atomic E-state index is 14.9. The van der Waals surface area contributed by atoms with Gasteiger partial charge in [0.25, 0.3) is 0 Å². The van der Waals surface area contributed by atoms with Crippen LogP contribution in [0.5, 0.6) is 0 Å². The van der Waals surface area contributed by atoms with Gasteiger partial charge in [-0.25, -0.2) is 16.8 Å². The summed E-state index contributed by atoms with van der Waals surface area (Å²) in [5.74, 6) is -1.19. The minimum Gasteiger partial charge on any atom is -0.399 e. The zero-order valence-corrected chi connectivity index (χ0v) is 19.9. The molecule has 0 aliphatic heterocycles. The third-order valence-electron chi connectivity index (χ3n) is 5.50. The first-order valence-electron chi connectivity index (χ1n) is 9.95. The number of fused-ring (bicyclic) bond motifs is 1. The van der Waals surface area contributed by atoms with Crippen molar-refractivity contribution in [2.45, 2.75) is 17.3 Å². The van der Waals surface area contributed by atoms with Crippen LogP contribution in [-0.2, 0) is 19.9 Å². The molecule has 12 heteroatoms. The SMILES string of the molecule is Cc1cc(N)ccc1-c1ccc2c(c1)cc(-c1ccc(S(C)(=O)=O)cc1F)n2S(=O)(=O)C(F)(F)F. The highest BCUT2D eigenvalue weighted by Crippen LogP contribution is 2.38. The lowest BCUT2D eigenvalue weighted by atomic mass is 9.99. The molecule has 4 aromatic rings. The van der Waals surface area contributed by atoms with Gasteiger partial charge in [0.15, 0.2) is 9.84 Å². The average Bonchev–Trinajstić information content (AvgIpc) is 3.11. The van der Waals surface area contributed by atoms with E-state index in [1.807, 2.05) is 0 Å². The topological polar surface area (TPSA) is 99.2 Å². The highest BCUT2D eigenvalue weighted by Gasteiger charge is 2.49. The van der Waals surface area contributed by atoms with Crippen LogP contribution in [0.3, 0.4) is 0 Å². The van der Waals surface area contributed by atoms with Gasteiger partial charge in [0.05, 0.1) is 16.1 Å². The van der Waals surface area contributed by atoms with Gasteiger partial charge in [-0.2, -0.15) is 21.6 Å². The maximum Gasteiger partial charge on any atom is 0.517 e. The Hall–Kier alpha value is -3.38. The Labute approximate surface area is 198 Å². The Morgan fingerprint density at radius 2 is 1.51 bits per heavy atom. The van der Waals surface area contributed by atoms with E-state index in [-0.39, 0.29) is 14.9 Å². The number of sulfone groups is 1. The number of benzene rings is 3. The standard InChI is InChI=1S/C23H18F4N2O4S2/c1-13-9-16(28)4-6-18(13)14-3-8-21-15(10-14)11-22(29(21)35(32,33)23(25,26)27)19-7-5-17(12-20(19)24)34(2,30)31/h3-12H,28H2,1-2H3. The van der Waals surface area contributed by atoms with E-state index in [1.54, 1.807) is 25.1 Å². The molecular formula is C23H18F4N2O4S2. The van der Waals surface area contributed by atoms with E-state index in [1.165, 1.54) is 18.2 Å². The summed E-state index contributed by atoms with van der Waals surface area (Å²) in [5.41, 5.74) is 1.28. The predicted molar refractivity (Wildman–Crippen MR) is 125 cm³/mol. The average molecular weight is 527 g/mol. The first kappa shape index (κ1) is 24.7. The summed E-state index contributed by atoms with van der Waals surface area (Å²) in [4.78, 5) is -0.402. The number of aromatic nitrogens is 1. The number of rotatable bonds is 4. The monoisotopic (exact) mass is 526 g/mol. The largest absolute Gasteiger partial charge is 0.517 e. The van der Waals surface area contributed by atoms with Gasteiger partial charge in [0, 0.05) is 22.9 Å². The predicted octanol–water partition coefficient (Wildman–Crippen LogP) is 5.11. The normalized spacial score (nSPS) is 12.9. The number of halogens is 4. The Bertz CT molecular complexity index is 1710. The smallest absolute Gasteiger partial charge is 0.399 e. The molecule has 4 rings (SSSR count). The summed E-state index contributed by atoms with van der Waals surface area (Å²) in [6.45, 7) is 1.79. The Morgan fingerprint density at radius 1 is 0.857 bits per heavy atom. The van der Waals surface area contributed by atoms with Crippen LogP contribution in [0, 0.1) is 12.7 Å². The summed E-state index contributed by atoms with van der Waals surface area (Å²) < 4.78 is 104. The van der Waals surface area contributed by atoms with Gasteiger partial charge in [0.1, 0.15) is 5.82 Å². The molecule has 0 fully saturated rings. The molecule has 3 aromatic carbocycles. The van der Waals surface area contributed by atoms with E-state index >= 15 is 0 Å². The van der Waals surface area contributed by atoms with Gasteiger partial charge in [-0.15, -0.1) is 0 Å². The van der Waals surface area contributed by atoms with Crippen molar-refractivity contribution in [1.82, 2.24) is 3.97 Å². The van der Waals surface area contributed by atoms with Crippen molar-refractivity contribution in [3.63, 3.8) is 0 Å². The van der Waals surface area contributed by atoms with E-state index in [0.717, 1.165) is 35.6 Å². The van der Waals surface area contributed by atoms with Crippen molar-refractivity contribution in [2.24, 2.45) is 0 Å². The van der Waals surface area contributed by atoms with Crippen molar-refractivity contribution in [1.29, 1.82) is 0 Å². The van der Waals surface area contributed by atoms with Crippen LogP contribution in [-0.4, -0.2) is 32.6 Å². The molecule has 1 aromatic heterocycles. The van der Waals surface area contributed by atoms with Crippen molar-refractivity contribution in [3.8, 4) is 22.4 Å². The van der Waals surface area contributed by atoms with Crippen molar-refractivity contribution in [2.75, 3.05) is 12.0 Å². The quantitative estimate of drug-likeness (QED) is 0.295. The summed E-state index contributed by atoms with van der Waals surface area (Å²) in [5, 5.41) is 0.105. The molecule has 0 aliphatic carbocycles. The number of nitrogen functional groups attached to an aromatic ring is 1. The molecule has 0 unspecified atom stereocenters. The lowest BCUT2D eigenvalue weighted by Gasteiger charge is -2.15. The van der Waals surface area contributed by atoms with Gasteiger partial charge >= 0.3 is 15.5 Å². The molecule has 6 nitrogen and oxygen atoms in total. The third-order valence-corrected chi connectivity index (χ3v) is 8.07. The number of hydrogen-bond donors (Lipinski definition) is 1. The van der Waals surface area contributed by atoms with E-state index < -0.39 is 47.3 Å². The zero-order chi connectivity index (χ0) is 25.9. The lowest BCUT2D eigenvalue weighted by Crippen LogP contribution is -2.30. The fraction of sp³-hybridized carbons (Fsp3) is 0.130. The molecular weight excluding hydrogens is 508 g/mol. The number of nitrogens with zero attached hydrogens (tertiary/aromatic N) is 1. The minimum atomic E-state index is -5.97. The van der Waals surface area contributed by atoms with Crippen molar-refractivity contribution in [3.05, 3.63) is 72.0 Å². The zero-order valence-electron chi connectivity index (χ0n) is 18.3. The van der Waals surface area contributed by atoms with Crippen LogP contribution < -0.4 is 5.73 Å². The van der Waals surface area contributed by atoms with Crippen LogP contribution in [0.1, 0.15) is 5.56 Å². The maximum absolute atomic E-state index is 14.9. The molecule has 1 heterocycles. The highest BCUT2D eigenvalue weighted by molar-refractivity contribution is 7.91. The molecule has 35 heavy (non-hydrogen) atoms. The first-order chi connectivity index (χ1) is 16.1. The Balaban J connectivity index is 2.04. The van der Waals surface area contributed by atoms with E-state index in [4.69, 9.17) is 5.73 Å². The van der Waals surface area contributed by atoms with Crippen LogP contribution in [0.25, 0.3) is 33.3 Å². The van der Waals surface area contributed by atoms with E-state index in [2.05, 4.69) is 0 Å². The molecule has 0 radical (unpaired) electrons. The van der Waals surface area contributed by atoms with Crippen molar-refractivity contribution < 1.29 is 34.4 Å². The van der Waals surface area contributed by atoms with E-state index in [0.29, 0.717) is 17.3 Å². The first-order valence-corrected chi connectivity index (χ1v) is 13.3. The lowest BCUT2D eigenvalue weighted by molar-refractivity contribution is -0.0444. The number of anilines is 1. The second-order valence-electron chi connectivity index (χ2n) is 8.01. The van der Waals surface area contributed by atoms with Crippen LogP contribution in [0.2, 0.25) is 0 Å². The highest BCUT2D eigenvalue weighted by atomic mass is 32.2. The van der Waals surface area contributed by atoms with Crippen molar-refractivity contribution >= 4 is 36.5 Å². The third kappa shape index (κ3) is 4.27. The minimum absolute atomic E-state index is 0.0283. The molecule has 0 saturated heterocycles. The molecule has 0 aliphatic rings. The van der Waals surface area contributed by atoms with Gasteiger partial charge < -0.3 is 5.73 Å². The Morgan fingerprint density at radius 3 is 2.09 bits per heavy atom. The van der Waals surface area contributed by atoms with Crippen LogP contribution in [0.15, 0.2) is 65.6 Å². The number of hydrogen-bond acceptors (Lipinski definition) is 5. The van der Waals surface area contributed by atoms with Gasteiger partial charge in [-0.1, -0.05) is 12.1 Å². The second-order valence-corrected chi connectivity index (χ2v) is 11.8. The fourth-order valence-electron chi connectivity index (χ4n) is 3.85. The Kier molecular flexibility index (Phi) is 5.72. The number of aryl methyl sites for hydroxylation is 1. The van der Waals surface area contributed by atoms with E-state index in [9.17, 15) is 34.4 Å². The molecule has 0 amide bonds. The van der Waals surface area contributed by atoms with Gasteiger partial charge in [-0.05, 0) is 72.1 Å².